The van der Waals surface area contributed by atoms with E-state index in [0.717, 1.165) is 122 Å². The van der Waals surface area contributed by atoms with Crippen LogP contribution in [0.5, 0.6) is 0 Å². The quantitative estimate of drug-likeness (QED) is 0.0195. The highest BCUT2D eigenvalue weighted by atomic mass is 16.7. The molecule has 0 spiro atoms. The second-order valence-corrected chi connectivity index (χ2v) is 23.3. The first-order valence-corrected chi connectivity index (χ1v) is 34.0. The van der Waals surface area contributed by atoms with Gasteiger partial charge in [0, 0.05) is 12.8 Å². The zero-order chi connectivity index (χ0) is 61.9. The molecule has 0 aromatic rings. The third kappa shape index (κ3) is 66.5. The summed E-state index contributed by atoms with van der Waals surface area (Å²) in [6, 6.07) is 0. The van der Waals surface area contributed by atoms with Gasteiger partial charge < -0.3 is 33.3 Å². The van der Waals surface area contributed by atoms with Crippen molar-refractivity contribution < 1.29 is 42.9 Å². The van der Waals surface area contributed by atoms with Gasteiger partial charge in [-0.3, -0.25) is 9.59 Å². The molecule has 0 aromatic carbocycles. The highest BCUT2D eigenvalue weighted by molar-refractivity contribution is 5.70. The van der Waals surface area contributed by atoms with Crippen LogP contribution in [-0.2, 0) is 33.3 Å². The summed E-state index contributed by atoms with van der Waals surface area (Å²) in [6.07, 6.45) is 92.0. The molecule has 9 nitrogen and oxygen atoms in total. The van der Waals surface area contributed by atoms with Crippen molar-refractivity contribution >= 4 is 17.9 Å². The van der Waals surface area contributed by atoms with E-state index in [1.807, 2.05) is 21.1 Å². The van der Waals surface area contributed by atoms with Gasteiger partial charge in [0.1, 0.15) is 13.2 Å². The number of nitrogens with zero attached hydrogens (tertiary/aromatic N) is 1. The van der Waals surface area contributed by atoms with Crippen molar-refractivity contribution in [2.45, 2.75) is 270 Å². The SMILES string of the molecule is CC/C=C\C/C=C\C/C=C\C/C=C\C/C=C\C/C=C\C/C=C\C/C=C\CCCCCCCCCCC(=O)OC(COC(=O)CCCCCCCCCCCCCCCC/C=C\C/C=C\C/C=C\C/C=C\CC)COC(OCC[N+](C)(C)C)C(=O)[O-]. The lowest BCUT2D eigenvalue weighted by atomic mass is 10.0. The Morgan fingerprint density at radius 3 is 0.941 bits per heavy atom. The Bertz CT molecular complexity index is 1900. The predicted octanol–water partition coefficient (Wildman–Crippen LogP) is 19.8. The van der Waals surface area contributed by atoms with Crippen molar-refractivity contribution in [2.24, 2.45) is 0 Å². The maximum absolute atomic E-state index is 12.9. The van der Waals surface area contributed by atoms with E-state index in [-0.39, 0.29) is 38.6 Å². The van der Waals surface area contributed by atoms with Crippen LogP contribution in [0.3, 0.4) is 0 Å². The zero-order valence-electron chi connectivity index (χ0n) is 54.9. The first-order valence-electron chi connectivity index (χ1n) is 34.0. The van der Waals surface area contributed by atoms with Crippen molar-refractivity contribution in [3.05, 3.63) is 146 Å². The molecule has 0 saturated heterocycles. The number of quaternary nitrogens is 1. The molecule has 2 atom stereocenters. The molecule has 9 heteroatoms. The van der Waals surface area contributed by atoms with Crippen LogP contribution in [0.15, 0.2) is 146 Å². The molecule has 482 valence electrons. The minimum absolute atomic E-state index is 0.139. The highest BCUT2D eigenvalue weighted by Crippen LogP contribution is 2.16. The largest absolute Gasteiger partial charge is 0.545 e. The topological polar surface area (TPSA) is 111 Å². The Kier molecular flexibility index (Phi) is 61.4. The predicted molar refractivity (Wildman–Crippen MR) is 361 cm³/mol. The Hall–Kier alpha value is -4.83. The molecule has 0 saturated carbocycles. The molecule has 0 aliphatic carbocycles. The van der Waals surface area contributed by atoms with Crippen LogP contribution >= 0.6 is 0 Å². The fourth-order valence-corrected chi connectivity index (χ4v) is 8.96. The van der Waals surface area contributed by atoms with E-state index < -0.39 is 24.3 Å². The number of allylic oxidation sites excluding steroid dienone is 24. The maximum atomic E-state index is 12.9. The standard InChI is InChI=1S/C76H125NO8/c1-6-8-10-12-14-16-18-20-22-24-26-28-30-32-34-35-36-37-38-39-41-43-45-47-49-51-53-55-57-59-61-63-65-67-74(79)85-72(71-84-76(75(80)81)82-69-68-77(3,4)5)70-83-73(78)66-64-62-60-58-56-54-52-50-48-46-44-42-40-33-31-29-27-25-23-21-19-17-15-13-11-9-7-2/h8-11,14-17,20-23,26-29,32,34,36-37,39,41,45,47,72,76H,6-7,12-13,18-19,24-25,30-31,33,35,38,40,42-44,46,48-71H2,1-5H3/b10-8-,11-9-,16-14-,17-15-,22-20-,23-21-,28-26-,29-27-,34-32-,37-36-,41-39-,47-45-. The third-order valence-corrected chi connectivity index (χ3v) is 14.1. The number of carboxylic acids is 1. The van der Waals surface area contributed by atoms with Gasteiger partial charge in [0.15, 0.2) is 12.4 Å². The van der Waals surface area contributed by atoms with E-state index in [1.165, 1.54) is 103 Å². The van der Waals surface area contributed by atoms with E-state index in [1.54, 1.807) is 0 Å². The van der Waals surface area contributed by atoms with Gasteiger partial charge in [-0.1, -0.05) is 275 Å². The Morgan fingerprint density at radius 1 is 0.353 bits per heavy atom. The molecule has 0 heterocycles. The average Bonchev–Trinajstić information content (AvgIpc) is 3.49. The minimum Gasteiger partial charge on any atom is -0.545 e. The van der Waals surface area contributed by atoms with Crippen molar-refractivity contribution in [2.75, 3.05) is 47.5 Å². The average molecular weight is 1180 g/mol. The summed E-state index contributed by atoms with van der Waals surface area (Å²) in [7, 11) is 5.92. The van der Waals surface area contributed by atoms with Crippen LogP contribution in [0.4, 0.5) is 0 Å². The second kappa shape index (κ2) is 65.2. The molecule has 0 rings (SSSR count). The molecule has 2 unspecified atom stereocenters. The number of aliphatic carboxylic acids is 1. The van der Waals surface area contributed by atoms with Crippen molar-refractivity contribution in [1.29, 1.82) is 0 Å². The fourth-order valence-electron chi connectivity index (χ4n) is 8.96. The third-order valence-electron chi connectivity index (χ3n) is 14.1. The number of esters is 2. The fraction of sp³-hybridized carbons (Fsp3) is 0.645. The Labute approximate surface area is 522 Å². The van der Waals surface area contributed by atoms with Crippen LogP contribution in [0, 0.1) is 0 Å². The van der Waals surface area contributed by atoms with Crippen LogP contribution < -0.4 is 5.11 Å². The van der Waals surface area contributed by atoms with Crippen molar-refractivity contribution in [3.8, 4) is 0 Å². The first kappa shape index (κ1) is 80.2. The van der Waals surface area contributed by atoms with Gasteiger partial charge in [0.25, 0.3) is 0 Å². The molecule has 0 fully saturated rings. The number of unbranched alkanes of at least 4 members (excludes halogenated alkanes) is 22. The van der Waals surface area contributed by atoms with E-state index in [9.17, 15) is 19.5 Å². The molecule has 0 aliphatic heterocycles. The van der Waals surface area contributed by atoms with E-state index in [0.29, 0.717) is 17.4 Å². The molecule has 0 bridgehead atoms. The van der Waals surface area contributed by atoms with E-state index >= 15 is 0 Å². The molecule has 0 aromatic heterocycles. The van der Waals surface area contributed by atoms with Crippen LogP contribution in [0.2, 0.25) is 0 Å². The molecular weight excluding hydrogens is 1050 g/mol. The summed E-state index contributed by atoms with van der Waals surface area (Å²) in [6.45, 7) is 4.51. The lowest BCUT2D eigenvalue weighted by molar-refractivity contribution is -0.870. The van der Waals surface area contributed by atoms with Gasteiger partial charge in [-0.15, -0.1) is 0 Å². The minimum atomic E-state index is -1.63. The number of hydrogen-bond donors (Lipinski definition) is 0. The highest BCUT2D eigenvalue weighted by Gasteiger charge is 2.22. The summed E-state index contributed by atoms with van der Waals surface area (Å²) in [5.41, 5.74) is 0. The Morgan fingerprint density at radius 2 is 0.635 bits per heavy atom. The second-order valence-electron chi connectivity index (χ2n) is 23.3. The van der Waals surface area contributed by atoms with E-state index in [2.05, 4.69) is 160 Å². The number of carbonyl (C=O) groups excluding carboxylic acids is 3. The van der Waals surface area contributed by atoms with Gasteiger partial charge in [0.2, 0.25) is 0 Å². The van der Waals surface area contributed by atoms with Gasteiger partial charge in [-0.2, -0.15) is 0 Å². The normalized spacial score (nSPS) is 13.7. The number of hydrogen-bond acceptors (Lipinski definition) is 8. The van der Waals surface area contributed by atoms with Gasteiger partial charge >= 0.3 is 11.9 Å². The van der Waals surface area contributed by atoms with Crippen molar-refractivity contribution in [1.82, 2.24) is 0 Å². The smallest absolute Gasteiger partial charge is 0.306 e. The number of rotatable bonds is 61. The lowest BCUT2D eigenvalue weighted by Crippen LogP contribution is -2.44. The summed E-state index contributed by atoms with van der Waals surface area (Å²) in [5.74, 6) is -2.30. The summed E-state index contributed by atoms with van der Waals surface area (Å²) in [5, 5.41) is 11.8. The number of likely N-dealkylation sites (N-methyl/N-ethyl adjacent to an activating group) is 1. The van der Waals surface area contributed by atoms with Crippen molar-refractivity contribution in [3.63, 3.8) is 0 Å². The molecular formula is C76H125NO8. The molecule has 0 radical (unpaired) electrons. The monoisotopic (exact) mass is 1180 g/mol. The van der Waals surface area contributed by atoms with Crippen LogP contribution in [0.25, 0.3) is 0 Å². The molecule has 85 heavy (non-hydrogen) atoms. The van der Waals surface area contributed by atoms with Gasteiger partial charge in [0.05, 0.1) is 40.3 Å². The first-order chi connectivity index (χ1) is 41.6. The maximum Gasteiger partial charge on any atom is 0.306 e. The number of carbonyl (C=O) groups is 3. The molecule has 0 amide bonds. The van der Waals surface area contributed by atoms with Gasteiger partial charge in [-0.05, 0) is 116 Å². The Balaban J connectivity index is 4.21. The molecule has 0 aliphatic rings. The lowest BCUT2D eigenvalue weighted by Gasteiger charge is -2.26. The van der Waals surface area contributed by atoms with E-state index in [4.69, 9.17) is 18.9 Å². The summed E-state index contributed by atoms with van der Waals surface area (Å²) >= 11 is 0. The number of ether oxygens (including phenoxy) is 4. The van der Waals surface area contributed by atoms with Gasteiger partial charge in [-0.25, -0.2) is 0 Å². The molecule has 0 N–H and O–H groups in total. The van der Waals surface area contributed by atoms with Crippen LogP contribution in [-0.4, -0.2) is 82.3 Å². The summed E-state index contributed by atoms with van der Waals surface area (Å²) in [4.78, 5) is 37.5. The van der Waals surface area contributed by atoms with Crippen LogP contribution in [0.1, 0.15) is 258 Å². The zero-order valence-corrected chi connectivity index (χ0v) is 54.9. The summed E-state index contributed by atoms with van der Waals surface area (Å²) < 4.78 is 22.8. The number of carboxylic acid groups (broad SMARTS) is 1.